The first kappa shape index (κ1) is 12.3. The maximum absolute atomic E-state index is 5.96. The number of ether oxygens (including phenoxy) is 1. The molecule has 2 N–H and O–H groups in total. The molecular weight excluding hydrogens is 282 g/mol. The molecule has 0 spiro atoms. The highest BCUT2D eigenvalue weighted by molar-refractivity contribution is 6.43. The van der Waals surface area contributed by atoms with E-state index in [0.29, 0.717) is 32.4 Å². The van der Waals surface area contributed by atoms with Gasteiger partial charge in [-0.15, -0.1) is 0 Å². The summed E-state index contributed by atoms with van der Waals surface area (Å²) in [5.41, 5.74) is 6.06. The predicted octanol–water partition coefficient (Wildman–Crippen LogP) is 4.42. The van der Waals surface area contributed by atoms with Crippen molar-refractivity contribution < 1.29 is 4.74 Å². The predicted molar refractivity (Wildman–Crippen MR) is 70.2 cm³/mol. The Hall–Kier alpha value is -1.16. The Bertz CT molecular complexity index is 543. The summed E-state index contributed by atoms with van der Waals surface area (Å²) in [6.07, 6.45) is 1.49. The van der Waals surface area contributed by atoms with Crippen molar-refractivity contribution in [2.75, 3.05) is 5.73 Å². The molecule has 0 aliphatic carbocycles. The Morgan fingerprint density at radius 1 is 1.00 bits per heavy atom. The summed E-state index contributed by atoms with van der Waals surface area (Å²) in [5.74, 6) is 0.762. The highest BCUT2D eigenvalue weighted by Crippen LogP contribution is 2.35. The first-order valence-electron chi connectivity index (χ1n) is 4.60. The molecule has 0 atom stereocenters. The fraction of sp³-hybridized carbons (Fsp3) is 0. The number of pyridine rings is 1. The minimum atomic E-state index is 0.359. The average molecular weight is 290 g/mol. The molecule has 0 amide bonds. The van der Waals surface area contributed by atoms with Crippen molar-refractivity contribution in [1.29, 1.82) is 0 Å². The van der Waals surface area contributed by atoms with Crippen molar-refractivity contribution in [1.82, 2.24) is 4.98 Å². The van der Waals surface area contributed by atoms with Crippen LogP contribution in [0.1, 0.15) is 0 Å². The van der Waals surface area contributed by atoms with Gasteiger partial charge in [-0.2, -0.15) is 0 Å². The van der Waals surface area contributed by atoms with Gasteiger partial charge in [0.05, 0.1) is 27.0 Å². The normalized spacial score (nSPS) is 10.3. The van der Waals surface area contributed by atoms with E-state index in [1.807, 2.05) is 0 Å². The van der Waals surface area contributed by atoms with E-state index < -0.39 is 0 Å². The van der Waals surface area contributed by atoms with Crippen molar-refractivity contribution in [3.8, 4) is 11.6 Å². The average Bonchev–Trinajstić information content (AvgIpc) is 2.29. The topological polar surface area (TPSA) is 48.1 Å². The van der Waals surface area contributed by atoms with Crippen molar-refractivity contribution in [2.45, 2.75) is 0 Å². The van der Waals surface area contributed by atoms with Gasteiger partial charge in [-0.1, -0.05) is 34.8 Å². The van der Waals surface area contributed by atoms with Gasteiger partial charge in [-0.3, -0.25) is 0 Å². The molecule has 1 aromatic carbocycles. The number of aromatic nitrogens is 1. The molecule has 0 saturated carbocycles. The Kier molecular flexibility index (Phi) is 3.62. The van der Waals surface area contributed by atoms with Gasteiger partial charge in [0.15, 0.2) is 0 Å². The highest BCUT2D eigenvalue weighted by atomic mass is 35.5. The molecule has 0 saturated heterocycles. The summed E-state index contributed by atoms with van der Waals surface area (Å²) in [6, 6.07) is 6.35. The zero-order chi connectivity index (χ0) is 12.4. The van der Waals surface area contributed by atoms with E-state index >= 15 is 0 Å². The second-order valence-corrected chi connectivity index (χ2v) is 4.45. The Balaban J connectivity index is 2.30. The van der Waals surface area contributed by atoms with Gasteiger partial charge in [-0.05, 0) is 12.1 Å². The lowest BCUT2D eigenvalue weighted by Gasteiger charge is -2.08. The summed E-state index contributed by atoms with van der Waals surface area (Å²) < 4.78 is 5.46. The first-order valence-corrected chi connectivity index (χ1v) is 5.73. The summed E-state index contributed by atoms with van der Waals surface area (Å²) >= 11 is 17.6. The molecule has 0 radical (unpaired) electrons. The summed E-state index contributed by atoms with van der Waals surface area (Å²) in [4.78, 5) is 3.98. The minimum absolute atomic E-state index is 0.359. The quantitative estimate of drug-likeness (QED) is 0.833. The van der Waals surface area contributed by atoms with Gasteiger partial charge in [0, 0.05) is 12.1 Å². The molecule has 0 fully saturated rings. The fourth-order valence-corrected chi connectivity index (χ4v) is 1.72. The lowest BCUT2D eigenvalue weighted by Crippen LogP contribution is -1.91. The van der Waals surface area contributed by atoms with Crippen LogP contribution in [0, 0.1) is 0 Å². The van der Waals surface area contributed by atoms with Crippen molar-refractivity contribution in [3.05, 3.63) is 45.5 Å². The molecule has 2 rings (SSSR count). The number of hydrogen-bond acceptors (Lipinski definition) is 3. The van der Waals surface area contributed by atoms with Crippen molar-refractivity contribution >= 4 is 40.5 Å². The molecule has 3 nitrogen and oxygen atoms in total. The molecular formula is C11H7Cl3N2O. The maximum atomic E-state index is 5.96. The lowest BCUT2D eigenvalue weighted by atomic mass is 10.3. The van der Waals surface area contributed by atoms with Crippen LogP contribution in [-0.4, -0.2) is 4.98 Å². The van der Waals surface area contributed by atoms with E-state index in [4.69, 9.17) is 45.3 Å². The third-order valence-corrected chi connectivity index (χ3v) is 2.97. The van der Waals surface area contributed by atoms with Crippen LogP contribution in [0.15, 0.2) is 30.5 Å². The largest absolute Gasteiger partial charge is 0.437 e. The minimum Gasteiger partial charge on any atom is -0.437 e. The van der Waals surface area contributed by atoms with E-state index in [2.05, 4.69) is 4.98 Å². The summed E-state index contributed by atoms with van der Waals surface area (Å²) in [7, 11) is 0. The molecule has 0 unspecified atom stereocenters. The first-order chi connectivity index (χ1) is 8.06. The van der Waals surface area contributed by atoms with Crippen LogP contribution in [0.25, 0.3) is 0 Å². The number of hydrogen-bond donors (Lipinski definition) is 1. The zero-order valence-corrected chi connectivity index (χ0v) is 10.7. The maximum Gasteiger partial charge on any atom is 0.219 e. The lowest BCUT2D eigenvalue weighted by molar-refractivity contribution is 0.463. The number of rotatable bonds is 2. The summed E-state index contributed by atoms with van der Waals surface area (Å²) in [6.45, 7) is 0. The number of benzene rings is 1. The van der Waals surface area contributed by atoms with E-state index in [0.717, 1.165) is 0 Å². The molecule has 0 aliphatic heterocycles. The van der Waals surface area contributed by atoms with Crippen molar-refractivity contribution in [2.24, 2.45) is 0 Å². The van der Waals surface area contributed by atoms with Gasteiger partial charge >= 0.3 is 0 Å². The molecule has 88 valence electrons. The SMILES string of the molecule is Nc1ccc(Oc2cc(Cl)c(Cl)cc2Cl)nc1. The fourth-order valence-electron chi connectivity index (χ4n) is 1.15. The number of nitrogens with two attached hydrogens (primary N) is 1. The molecule has 1 aromatic heterocycles. The number of anilines is 1. The number of halogens is 3. The third-order valence-electron chi connectivity index (χ3n) is 1.95. The van der Waals surface area contributed by atoms with Crippen LogP contribution in [0.3, 0.4) is 0 Å². The smallest absolute Gasteiger partial charge is 0.219 e. The van der Waals surface area contributed by atoms with E-state index in [9.17, 15) is 0 Å². The Labute approximate surface area is 113 Å². The molecule has 0 bridgehead atoms. The van der Waals surface area contributed by atoms with Crippen LogP contribution >= 0.6 is 34.8 Å². The van der Waals surface area contributed by atoms with Crippen LogP contribution in [-0.2, 0) is 0 Å². The van der Waals surface area contributed by atoms with Gasteiger partial charge in [0.1, 0.15) is 5.75 Å². The monoisotopic (exact) mass is 288 g/mol. The Morgan fingerprint density at radius 3 is 2.35 bits per heavy atom. The van der Waals surface area contributed by atoms with Crippen LogP contribution in [0.5, 0.6) is 11.6 Å². The standard InChI is InChI=1S/C11H7Cl3N2O/c12-7-3-9(14)10(4-8(7)13)17-11-2-1-6(15)5-16-11/h1-5H,15H2. The molecule has 0 aliphatic rings. The van der Waals surface area contributed by atoms with Crippen LogP contribution < -0.4 is 10.5 Å². The van der Waals surface area contributed by atoms with Gasteiger partial charge in [0.2, 0.25) is 5.88 Å². The van der Waals surface area contributed by atoms with Gasteiger partial charge < -0.3 is 10.5 Å². The Morgan fingerprint density at radius 2 is 1.71 bits per heavy atom. The second-order valence-electron chi connectivity index (χ2n) is 3.23. The zero-order valence-electron chi connectivity index (χ0n) is 8.45. The van der Waals surface area contributed by atoms with Crippen LogP contribution in [0.4, 0.5) is 5.69 Å². The number of nitrogens with zero attached hydrogens (tertiary/aromatic N) is 1. The van der Waals surface area contributed by atoms with E-state index in [-0.39, 0.29) is 0 Å². The highest BCUT2D eigenvalue weighted by Gasteiger charge is 2.08. The molecule has 17 heavy (non-hydrogen) atoms. The third kappa shape index (κ3) is 2.94. The number of nitrogen functional groups attached to an aromatic ring is 1. The van der Waals surface area contributed by atoms with Gasteiger partial charge in [0.25, 0.3) is 0 Å². The van der Waals surface area contributed by atoms with Crippen molar-refractivity contribution in [3.63, 3.8) is 0 Å². The molecule has 6 heteroatoms. The van der Waals surface area contributed by atoms with E-state index in [1.54, 1.807) is 12.1 Å². The molecule has 2 aromatic rings. The molecule has 1 heterocycles. The summed E-state index contributed by atoms with van der Waals surface area (Å²) in [5, 5.41) is 1.09. The van der Waals surface area contributed by atoms with Crippen LogP contribution in [0.2, 0.25) is 15.1 Å². The second kappa shape index (κ2) is 5.00. The van der Waals surface area contributed by atoms with E-state index in [1.165, 1.54) is 18.3 Å². The van der Waals surface area contributed by atoms with Gasteiger partial charge in [-0.25, -0.2) is 4.98 Å².